The van der Waals surface area contributed by atoms with Crippen LogP contribution in [0.25, 0.3) is 0 Å². The number of fused-ring (bicyclic) bond motifs is 4. The molecule has 214 valence electrons. The van der Waals surface area contributed by atoms with E-state index in [1.165, 1.54) is 16.7 Å². The minimum Gasteiger partial charge on any atom is -0.378 e. The molecule has 1 heterocycles. The van der Waals surface area contributed by atoms with E-state index in [4.69, 9.17) is 4.74 Å². The van der Waals surface area contributed by atoms with E-state index in [1.807, 2.05) is 30.3 Å². The predicted octanol–water partition coefficient (Wildman–Crippen LogP) is 5.76. The van der Waals surface area contributed by atoms with Crippen LogP contribution in [0.5, 0.6) is 0 Å². The van der Waals surface area contributed by atoms with Crippen molar-refractivity contribution in [1.29, 1.82) is 0 Å². The smallest absolute Gasteiger partial charge is 0.156 e. The first-order valence-electron chi connectivity index (χ1n) is 13.5. The van der Waals surface area contributed by atoms with E-state index in [2.05, 4.69) is 62.0 Å². The monoisotopic (exact) mass is 595 g/mol. The van der Waals surface area contributed by atoms with Gasteiger partial charge in [0.05, 0.1) is 12.7 Å². The molecule has 0 radical (unpaired) electrons. The van der Waals surface area contributed by atoms with E-state index in [-0.39, 0.29) is 64.2 Å². The number of hydrogen-bond acceptors (Lipinski definition) is 4. The summed E-state index contributed by atoms with van der Waals surface area (Å²) in [6, 6.07) is 18.7. The van der Waals surface area contributed by atoms with Gasteiger partial charge in [-0.15, -0.1) is 0 Å². The molecule has 4 aliphatic rings. The molecule has 0 bridgehead atoms. The van der Waals surface area contributed by atoms with Crippen LogP contribution in [0.1, 0.15) is 56.1 Å². The molecule has 2 fully saturated rings. The summed E-state index contributed by atoms with van der Waals surface area (Å²) in [5.41, 5.74) is 5.53. The number of rotatable bonds is 2. The molecule has 0 unspecified atom stereocenters. The maximum Gasteiger partial charge on any atom is 0.156 e. The minimum absolute atomic E-state index is 0. The van der Waals surface area contributed by atoms with Gasteiger partial charge in [0.1, 0.15) is 5.60 Å². The first-order chi connectivity index (χ1) is 17.8. The van der Waals surface area contributed by atoms with E-state index in [9.17, 15) is 9.90 Å². The van der Waals surface area contributed by atoms with E-state index in [0.717, 1.165) is 36.1 Å². The Morgan fingerprint density at radius 1 is 1.00 bits per heavy atom. The summed E-state index contributed by atoms with van der Waals surface area (Å²) < 4.78 is 6.60. The molecule has 2 aromatic rings. The van der Waals surface area contributed by atoms with Crippen molar-refractivity contribution in [3.8, 4) is 11.8 Å². The molecule has 2 saturated carbocycles. The molecular formula is C33H41NO3S3. The predicted molar refractivity (Wildman–Crippen MR) is 177 cm³/mol. The zero-order valence-corrected chi connectivity index (χ0v) is 26.5. The van der Waals surface area contributed by atoms with Crippen molar-refractivity contribution in [3.63, 3.8) is 0 Å². The van der Waals surface area contributed by atoms with Crippen molar-refractivity contribution in [2.75, 3.05) is 25.6 Å². The highest BCUT2D eigenvalue weighted by Crippen LogP contribution is 2.64. The molecule has 4 nitrogen and oxygen atoms in total. The maximum atomic E-state index is 12.2. The summed E-state index contributed by atoms with van der Waals surface area (Å²) in [5, 5.41) is 12.1. The summed E-state index contributed by atoms with van der Waals surface area (Å²) in [6.45, 7) is 2.70. The maximum absolute atomic E-state index is 12.2. The fourth-order valence-corrected chi connectivity index (χ4v) is 7.22. The lowest BCUT2D eigenvalue weighted by atomic mass is 9.55. The average molecular weight is 596 g/mol. The van der Waals surface area contributed by atoms with Crippen LogP contribution in [-0.2, 0) is 9.53 Å². The Morgan fingerprint density at radius 2 is 1.70 bits per heavy atom. The van der Waals surface area contributed by atoms with Gasteiger partial charge in [-0.05, 0) is 84.2 Å². The molecule has 6 rings (SSSR count). The lowest BCUT2D eigenvalue weighted by Gasteiger charge is -2.53. The number of hydrogen-bond donors (Lipinski definition) is 1. The molecule has 2 aromatic carbocycles. The quantitative estimate of drug-likeness (QED) is 0.449. The van der Waals surface area contributed by atoms with Crippen molar-refractivity contribution in [2.24, 2.45) is 11.3 Å². The Morgan fingerprint density at radius 3 is 2.38 bits per heavy atom. The van der Waals surface area contributed by atoms with Gasteiger partial charge < -0.3 is 14.7 Å². The number of anilines is 1. The number of aliphatic hydroxyl groups is 1. The average Bonchev–Trinajstić information content (AvgIpc) is 3.17. The zero-order chi connectivity index (χ0) is 25.8. The molecule has 1 N–H and O–H groups in total. The molecule has 7 heteroatoms. The number of carbonyl (C=O) groups excluding carboxylic acids is 1. The lowest BCUT2D eigenvalue weighted by molar-refractivity contribution is -0.115. The van der Waals surface area contributed by atoms with Crippen LogP contribution in [0.3, 0.4) is 0 Å². The van der Waals surface area contributed by atoms with E-state index in [1.54, 1.807) is 6.08 Å². The highest BCUT2D eigenvalue weighted by atomic mass is 32.1. The second kappa shape index (κ2) is 12.4. The molecule has 1 aliphatic heterocycles. The molecular weight excluding hydrogens is 555 g/mol. The third kappa shape index (κ3) is 5.42. The van der Waals surface area contributed by atoms with Crippen LogP contribution in [0.2, 0.25) is 0 Å². The minimum atomic E-state index is -1.09. The van der Waals surface area contributed by atoms with Crippen molar-refractivity contribution in [1.82, 2.24) is 0 Å². The van der Waals surface area contributed by atoms with Gasteiger partial charge in [-0.1, -0.05) is 49.1 Å². The highest BCUT2D eigenvalue weighted by molar-refractivity contribution is 7.59. The standard InChI is InChI=1S/C33H35NO3.3H2S/c1-32-20-28(23-9-11-25(12-10-23)34(2)3)30-27-14-13-26(35)19-24(27)21-37-31(30)29(32)16-18-33(32,36)17-15-22-7-5-4-6-8-22;;;/h4-12,19,28-29,31,36H,13-14,16,18,20-21H2,1-3H3;3*1H2/t28-,29+,31+,32+,33+;;;/m1.../s1. The van der Waals surface area contributed by atoms with Crippen LogP contribution < -0.4 is 4.90 Å². The molecule has 3 aliphatic carbocycles. The summed E-state index contributed by atoms with van der Waals surface area (Å²) in [4.78, 5) is 14.3. The third-order valence-corrected chi connectivity index (χ3v) is 9.37. The second-order valence-corrected chi connectivity index (χ2v) is 11.6. The fraction of sp³-hybridized carbons (Fsp3) is 0.424. The fourth-order valence-electron chi connectivity index (χ4n) is 7.22. The van der Waals surface area contributed by atoms with Gasteiger partial charge in [-0.3, -0.25) is 4.79 Å². The van der Waals surface area contributed by atoms with Gasteiger partial charge in [0.2, 0.25) is 0 Å². The van der Waals surface area contributed by atoms with Crippen molar-refractivity contribution in [2.45, 2.75) is 56.7 Å². The SMILES string of the molecule is CN(C)c1ccc([C@H]2C[C@@]3(C)[C@@H](CC[C@@]3(O)C#Cc3ccccc3)[C@@H]3OCC4=CC(=O)CCC4=C32)cc1.S.S.S. The number of allylic oxidation sites excluding steroid dienone is 1. The zero-order valence-electron chi connectivity index (χ0n) is 23.5. The largest absolute Gasteiger partial charge is 0.378 e. The summed E-state index contributed by atoms with van der Waals surface area (Å²) in [7, 11) is 4.11. The molecule has 0 saturated heterocycles. The van der Waals surface area contributed by atoms with Crippen LogP contribution in [0.15, 0.2) is 77.4 Å². The Kier molecular flexibility index (Phi) is 10.1. The number of carbonyl (C=O) groups is 1. The first-order valence-corrected chi connectivity index (χ1v) is 13.5. The molecule has 5 atom stereocenters. The number of nitrogens with zero attached hydrogens (tertiary/aromatic N) is 1. The summed E-state index contributed by atoms with van der Waals surface area (Å²) in [5.74, 6) is 7.10. The summed E-state index contributed by atoms with van der Waals surface area (Å²) >= 11 is 0. The third-order valence-electron chi connectivity index (χ3n) is 9.37. The number of benzene rings is 2. The van der Waals surface area contributed by atoms with Crippen LogP contribution in [0, 0.1) is 23.2 Å². The molecule has 40 heavy (non-hydrogen) atoms. The number of ether oxygens (including phenoxy) is 1. The Balaban J connectivity index is 0.00000147. The topological polar surface area (TPSA) is 49.8 Å². The van der Waals surface area contributed by atoms with Gasteiger partial charge in [-0.2, -0.15) is 40.5 Å². The lowest BCUT2D eigenvalue weighted by Crippen LogP contribution is -2.53. The van der Waals surface area contributed by atoms with Gasteiger partial charge in [0.25, 0.3) is 0 Å². The van der Waals surface area contributed by atoms with Crippen molar-refractivity contribution in [3.05, 3.63) is 88.5 Å². The Labute approximate surface area is 259 Å². The van der Waals surface area contributed by atoms with E-state index >= 15 is 0 Å². The van der Waals surface area contributed by atoms with Crippen LogP contribution in [0.4, 0.5) is 5.69 Å². The highest BCUT2D eigenvalue weighted by Gasteiger charge is 2.63. The van der Waals surface area contributed by atoms with Gasteiger partial charge in [0.15, 0.2) is 5.78 Å². The van der Waals surface area contributed by atoms with Crippen molar-refractivity contribution < 1.29 is 14.6 Å². The van der Waals surface area contributed by atoms with Crippen molar-refractivity contribution >= 4 is 52.0 Å². The Hall–Kier alpha value is -2.08. The second-order valence-electron chi connectivity index (χ2n) is 11.6. The molecule has 0 spiro atoms. The van der Waals surface area contributed by atoms with E-state index in [0.29, 0.717) is 19.4 Å². The number of ketones is 1. The Bertz CT molecular complexity index is 1360. The van der Waals surface area contributed by atoms with Gasteiger partial charge >= 0.3 is 0 Å². The van der Waals surface area contributed by atoms with Crippen LogP contribution >= 0.6 is 40.5 Å². The molecule has 0 amide bonds. The normalized spacial score (nSPS) is 30.1. The van der Waals surface area contributed by atoms with Crippen LogP contribution in [-0.4, -0.2) is 43.3 Å². The van der Waals surface area contributed by atoms with Gasteiger partial charge in [-0.25, -0.2) is 0 Å². The molecule has 0 aromatic heterocycles. The first kappa shape index (κ1) is 32.4. The van der Waals surface area contributed by atoms with Gasteiger partial charge in [0, 0.05) is 43.1 Å². The summed E-state index contributed by atoms with van der Waals surface area (Å²) in [6.07, 6.45) is 5.41. The van der Waals surface area contributed by atoms with E-state index < -0.39 is 11.0 Å².